The summed E-state index contributed by atoms with van der Waals surface area (Å²) in [6.45, 7) is 6.49. The smallest absolute Gasteiger partial charge is 0.395 e. The number of ketones is 1. The number of nitrogens with one attached hydrogen (secondary N) is 1. The monoisotopic (exact) mass is 447 g/mol. The Kier molecular flexibility index (Phi) is 6.80. The summed E-state index contributed by atoms with van der Waals surface area (Å²) < 4.78 is 24.2. The van der Waals surface area contributed by atoms with Crippen molar-refractivity contribution in [3.8, 4) is 5.75 Å². The van der Waals surface area contributed by atoms with Gasteiger partial charge in [-0.3, -0.25) is 4.79 Å². The maximum Gasteiger partial charge on any atom is 0.395 e. The Balaban J connectivity index is 2.01. The van der Waals surface area contributed by atoms with Crippen LogP contribution in [-0.4, -0.2) is 66.2 Å². The third-order valence-corrected chi connectivity index (χ3v) is 8.46. The summed E-state index contributed by atoms with van der Waals surface area (Å²) in [6.07, 6.45) is 0. The number of carbonyl (C=O) groups excluding carboxylic acids is 1. The highest BCUT2D eigenvalue weighted by atomic mass is 35.5. The normalized spacial score (nSPS) is 30.2. The molecule has 2 fully saturated rings. The second-order valence-corrected chi connectivity index (χ2v) is 11.2. The number of halogens is 2. The average Bonchev–Trinajstić information content (AvgIpc) is 2.65. The van der Waals surface area contributed by atoms with Crippen LogP contribution in [0.25, 0.3) is 0 Å². The molecule has 2 heterocycles. The summed E-state index contributed by atoms with van der Waals surface area (Å²) in [4.78, 5) is 13.1. The van der Waals surface area contributed by atoms with Gasteiger partial charge in [0.15, 0.2) is 0 Å². The van der Waals surface area contributed by atoms with E-state index < -0.39 is 18.5 Å². The number of rotatable bonds is 8. The molecule has 156 valence electrons. The molecule has 0 aromatic heterocycles. The van der Waals surface area contributed by atoms with Crippen molar-refractivity contribution in [2.75, 3.05) is 51.0 Å². The first-order valence-electron chi connectivity index (χ1n) is 9.50. The molecule has 0 saturated carbocycles. The van der Waals surface area contributed by atoms with Crippen LogP contribution in [0.4, 0.5) is 0 Å². The Morgan fingerprint density at radius 2 is 1.64 bits per heavy atom. The van der Waals surface area contributed by atoms with E-state index in [4.69, 9.17) is 27.7 Å². The lowest BCUT2D eigenvalue weighted by atomic mass is 9.66. The Bertz CT molecular complexity index is 725. The maximum absolute atomic E-state index is 14.4. The van der Waals surface area contributed by atoms with Gasteiger partial charge in [-0.25, -0.2) is 13.9 Å². The average molecular weight is 448 g/mol. The lowest BCUT2D eigenvalue weighted by Gasteiger charge is -2.53. The lowest BCUT2D eigenvalue weighted by Crippen LogP contribution is -2.67. The number of fused-ring (bicyclic) bond motifs is 2. The molecule has 0 spiro atoms. The molecule has 0 radical (unpaired) electrons. The van der Waals surface area contributed by atoms with E-state index in [-0.39, 0.29) is 5.78 Å². The zero-order chi connectivity index (χ0) is 20.4. The molecule has 2 aliphatic heterocycles. The van der Waals surface area contributed by atoms with E-state index in [2.05, 4.69) is 5.32 Å². The molecule has 3 atom stereocenters. The molecular weight excluding hydrogens is 420 g/mol. The minimum Gasteiger partial charge on any atom is -0.422 e. The second kappa shape index (κ2) is 8.63. The Morgan fingerprint density at radius 3 is 2.14 bits per heavy atom. The summed E-state index contributed by atoms with van der Waals surface area (Å²) in [6, 6.07) is 9.13. The highest BCUT2D eigenvalue weighted by molar-refractivity contribution is 7.54. The minimum absolute atomic E-state index is 0.225. The molecule has 28 heavy (non-hydrogen) atoms. The zero-order valence-electron chi connectivity index (χ0n) is 16.4. The number of para-hydroxylation sites is 1. The Labute approximate surface area is 177 Å². The van der Waals surface area contributed by atoms with Crippen molar-refractivity contribution in [2.45, 2.75) is 13.8 Å². The van der Waals surface area contributed by atoms with E-state index in [9.17, 15) is 9.36 Å². The number of carbonyl (C=O) groups is 1. The van der Waals surface area contributed by atoms with Gasteiger partial charge in [0, 0.05) is 51.0 Å². The van der Waals surface area contributed by atoms with Gasteiger partial charge in [0.2, 0.25) is 0 Å². The van der Waals surface area contributed by atoms with Crippen molar-refractivity contribution in [1.82, 2.24) is 14.7 Å². The van der Waals surface area contributed by atoms with Crippen LogP contribution in [0, 0.1) is 10.8 Å². The maximum atomic E-state index is 14.4. The summed E-state index contributed by atoms with van der Waals surface area (Å²) in [5.74, 6) is 1.36. The van der Waals surface area contributed by atoms with Crippen LogP contribution in [0.3, 0.4) is 0 Å². The third kappa shape index (κ3) is 4.14. The number of alkyl halides is 2. The first-order chi connectivity index (χ1) is 13.3. The molecule has 0 unspecified atom stereocenters. The molecule has 0 aliphatic carbocycles. The fraction of sp³-hybridized carbons (Fsp3) is 0.632. The second-order valence-electron chi connectivity index (χ2n) is 8.10. The van der Waals surface area contributed by atoms with E-state index in [1.807, 2.05) is 36.7 Å². The zero-order valence-corrected chi connectivity index (χ0v) is 18.8. The van der Waals surface area contributed by atoms with Gasteiger partial charge in [0.1, 0.15) is 11.5 Å². The van der Waals surface area contributed by atoms with E-state index in [1.165, 1.54) is 0 Å². The van der Waals surface area contributed by atoms with Gasteiger partial charge in [-0.05, 0) is 12.1 Å². The quantitative estimate of drug-likeness (QED) is 0.486. The first-order valence-corrected chi connectivity index (χ1v) is 12.1. The van der Waals surface area contributed by atoms with E-state index in [0.29, 0.717) is 56.8 Å². The van der Waals surface area contributed by atoms with Gasteiger partial charge >= 0.3 is 7.67 Å². The summed E-state index contributed by atoms with van der Waals surface area (Å²) in [5, 5.41) is 3.37. The highest BCUT2D eigenvalue weighted by Crippen LogP contribution is 2.58. The van der Waals surface area contributed by atoms with Crippen LogP contribution in [0.2, 0.25) is 0 Å². The van der Waals surface area contributed by atoms with E-state index >= 15 is 0 Å². The number of hydrogen-bond donors (Lipinski definition) is 1. The summed E-state index contributed by atoms with van der Waals surface area (Å²) in [5.41, 5.74) is -1.23. The minimum atomic E-state index is -3.51. The van der Waals surface area contributed by atoms with Gasteiger partial charge in [0.25, 0.3) is 0 Å². The van der Waals surface area contributed by atoms with E-state index in [0.717, 1.165) is 0 Å². The van der Waals surface area contributed by atoms with Crippen LogP contribution >= 0.6 is 30.9 Å². The van der Waals surface area contributed by atoms with Crippen molar-refractivity contribution >= 4 is 36.7 Å². The standard InChI is InChI=1S/C19H28Cl2N3O3P/c1-18-12-22-13-19(2,17(18)25)15-24(14-18)28(26,23(10-8-20)11-9-21)27-16-6-4-3-5-7-16/h3-7,22H,8-15H2,1-2H3/t18-,19-,28+/m0/s1. The molecule has 9 heteroatoms. The van der Waals surface area contributed by atoms with Crippen LogP contribution in [-0.2, 0) is 9.36 Å². The lowest BCUT2D eigenvalue weighted by molar-refractivity contribution is -0.146. The Hall–Kier alpha value is -0.620. The molecule has 1 aromatic carbocycles. The number of benzene rings is 1. The fourth-order valence-electron chi connectivity index (χ4n) is 4.27. The summed E-state index contributed by atoms with van der Waals surface area (Å²) >= 11 is 12.0. The molecule has 2 aliphatic rings. The van der Waals surface area contributed by atoms with Crippen LogP contribution in [0.5, 0.6) is 5.75 Å². The van der Waals surface area contributed by atoms with Gasteiger partial charge in [0.05, 0.1) is 10.8 Å². The van der Waals surface area contributed by atoms with Crippen molar-refractivity contribution in [3.63, 3.8) is 0 Å². The van der Waals surface area contributed by atoms with Crippen LogP contribution in [0.1, 0.15) is 13.8 Å². The van der Waals surface area contributed by atoms with Gasteiger partial charge in [-0.1, -0.05) is 32.0 Å². The SMILES string of the molecule is C[C@]12CNC[C@@](C)(CN([P@](=O)(Oc3ccccc3)N(CCCl)CCCl)C1)C2=O. The largest absolute Gasteiger partial charge is 0.422 e. The number of hydrogen-bond acceptors (Lipinski definition) is 4. The molecule has 3 rings (SSSR count). The molecule has 2 saturated heterocycles. The predicted octanol–water partition coefficient (Wildman–Crippen LogP) is 3.45. The van der Waals surface area contributed by atoms with Crippen LogP contribution in [0.15, 0.2) is 30.3 Å². The number of piperidine rings is 2. The fourth-order valence-corrected chi connectivity index (χ4v) is 7.59. The number of nitrogens with zero attached hydrogens (tertiary/aromatic N) is 2. The molecular formula is C19H28Cl2N3O3P. The number of Topliss-reactive ketones (excluding diaryl/α,β-unsaturated/α-hetero) is 1. The molecule has 1 aromatic rings. The first kappa shape index (κ1) is 22.1. The van der Waals surface area contributed by atoms with Crippen molar-refractivity contribution < 1.29 is 13.9 Å². The Morgan fingerprint density at radius 1 is 1.11 bits per heavy atom. The molecule has 0 amide bonds. The van der Waals surface area contributed by atoms with Crippen molar-refractivity contribution in [3.05, 3.63) is 30.3 Å². The molecule has 6 nitrogen and oxygen atoms in total. The highest BCUT2D eigenvalue weighted by Gasteiger charge is 2.58. The third-order valence-electron chi connectivity index (χ3n) is 5.56. The summed E-state index contributed by atoms with van der Waals surface area (Å²) in [7, 11) is -3.51. The predicted molar refractivity (Wildman–Crippen MR) is 113 cm³/mol. The van der Waals surface area contributed by atoms with E-state index in [1.54, 1.807) is 16.8 Å². The molecule has 1 N–H and O–H groups in total. The molecule has 2 bridgehead atoms. The van der Waals surface area contributed by atoms with Gasteiger partial charge in [-0.15, -0.1) is 23.2 Å². The van der Waals surface area contributed by atoms with Gasteiger partial charge < -0.3 is 9.84 Å². The van der Waals surface area contributed by atoms with Gasteiger partial charge in [-0.2, -0.15) is 0 Å². The van der Waals surface area contributed by atoms with Crippen molar-refractivity contribution in [1.29, 1.82) is 0 Å². The van der Waals surface area contributed by atoms with Crippen molar-refractivity contribution in [2.24, 2.45) is 10.8 Å². The topological polar surface area (TPSA) is 61.9 Å². The van der Waals surface area contributed by atoms with Crippen LogP contribution < -0.4 is 9.84 Å².